The fraction of sp³-hybridized carbons (Fsp3) is 0.267. The Bertz CT molecular complexity index is 434. The van der Waals surface area contributed by atoms with E-state index in [4.69, 9.17) is 0 Å². The van der Waals surface area contributed by atoms with Gasteiger partial charge in [-0.25, -0.2) is 0 Å². The van der Waals surface area contributed by atoms with Crippen LogP contribution in [0.5, 0.6) is 0 Å². The topological polar surface area (TPSA) is 12.9 Å². The van der Waals surface area contributed by atoms with E-state index in [1.165, 1.54) is 24.0 Å². The first-order valence-electron chi connectivity index (χ1n) is 5.91. The molecule has 0 fully saturated rings. The van der Waals surface area contributed by atoms with Crippen LogP contribution < -0.4 is 0 Å². The average molecular weight is 211 g/mol. The second kappa shape index (κ2) is 5.45. The largest absolute Gasteiger partial charge is 0.256 e. The first-order valence-corrected chi connectivity index (χ1v) is 5.91. The van der Waals surface area contributed by atoms with Crippen molar-refractivity contribution in [1.82, 2.24) is 4.98 Å². The van der Waals surface area contributed by atoms with Crippen molar-refractivity contribution in [2.75, 3.05) is 0 Å². The number of nitrogens with zero attached hydrogens (tertiary/aromatic N) is 1. The summed E-state index contributed by atoms with van der Waals surface area (Å²) in [5, 5.41) is 0. The summed E-state index contributed by atoms with van der Waals surface area (Å²) >= 11 is 0. The van der Waals surface area contributed by atoms with E-state index in [0.29, 0.717) is 0 Å². The highest BCUT2D eigenvalue weighted by Gasteiger charge is 2.04. The second-order valence-corrected chi connectivity index (χ2v) is 3.98. The van der Waals surface area contributed by atoms with Crippen LogP contribution in [0.1, 0.15) is 25.3 Å². The number of aromatic nitrogens is 1. The minimum Gasteiger partial charge on any atom is -0.256 e. The van der Waals surface area contributed by atoms with Crippen molar-refractivity contribution in [3.05, 3.63) is 54.2 Å². The third kappa shape index (κ3) is 2.48. The van der Waals surface area contributed by atoms with Gasteiger partial charge in [-0.3, -0.25) is 4.98 Å². The maximum Gasteiger partial charge on any atom is 0.0704 e. The highest BCUT2D eigenvalue weighted by Crippen LogP contribution is 2.22. The molecular weight excluding hydrogens is 194 g/mol. The molecule has 0 radical (unpaired) electrons. The highest BCUT2D eigenvalue weighted by atomic mass is 14.7. The second-order valence-electron chi connectivity index (χ2n) is 3.98. The molecule has 0 amide bonds. The van der Waals surface area contributed by atoms with Gasteiger partial charge in [0.05, 0.1) is 5.69 Å². The van der Waals surface area contributed by atoms with Crippen LogP contribution in [-0.4, -0.2) is 4.98 Å². The molecule has 0 atom stereocenters. The Balaban J connectivity index is 2.33. The molecule has 0 aliphatic carbocycles. The summed E-state index contributed by atoms with van der Waals surface area (Å²) in [5.74, 6) is 0. The Kier molecular flexibility index (Phi) is 3.71. The lowest BCUT2D eigenvalue weighted by atomic mass is 9.99. The third-order valence-corrected chi connectivity index (χ3v) is 2.76. The summed E-state index contributed by atoms with van der Waals surface area (Å²) in [4.78, 5) is 4.42. The van der Waals surface area contributed by atoms with Gasteiger partial charge >= 0.3 is 0 Å². The molecule has 2 rings (SSSR count). The zero-order valence-electron chi connectivity index (χ0n) is 9.69. The predicted molar refractivity (Wildman–Crippen MR) is 68.3 cm³/mol. The summed E-state index contributed by atoms with van der Waals surface area (Å²) in [6.45, 7) is 2.23. The van der Waals surface area contributed by atoms with Gasteiger partial charge in [-0.15, -0.1) is 0 Å². The Morgan fingerprint density at radius 3 is 2.56 bits per heavy atom. The van der Waals surface area contributed by atoms with Gasteiger partial charge in [-0.1, -0.05) is 43.7 Å². The van der Waals surface area contributed by atoms with Crippen LogP contribution in [0.2, 0.25) is 0 Å². The summed E-state index contributed by atoms with van der Waals surface area (Å²) < 4.78 is 0. The standard InChI is InChI=1S/C15H17N/c1-2-3-8-13-9-4-5-10-14(13)15-11-6-7-12-16-15/h4-7,9-12H,2-3,8H2,1H3. The fourth-order valence-corrected chi connectivity index (χ4v) is 1.88. The van der Waals surface area contributed by atoms with E-state index in [1.54, 1.807) is 0 Å². The lowest BCUT2D eigenvalue weighted by molar-refractivity contribution is 0.796. The minimum absolute atomic E-state index is 1.08. The summed E-state index contributed by atoms with van der Waals surface area (Å²) in [6, 6.07) is 14.6. The number of hydrogen-bond acceptors (Lipinski definition) is 1. The Labute approximate surface area is 97.2 Å². The fourth-order valence-electron chi connectivity index (χ4n) is 1.88. The molecule has 1 nitrogen and oxygen atoms in total. The molecule has 0 saturated heterocycles. The van der Waals surface area contributed by atoms with Crippen LogP contribution in [0.25, 0.3) is 11.3 Å². The first-order chi connectivity index (χ1) is 7.92. The van der Waals surface area contributed by atoms with Gasteiger partial charge in [0.15, 0.2) is 0 Å². The Hall–Kier alpha value is -1.63. The molecule has 16 heavy (non-hydrogen) atoms. The number of rotatable bonds is 4. The number of pyridine rings is 1. The van der Waals surface area contributed by atoms with Gasteiger partial charge in [-0.05, 0) is 30.5 Å². The van der Waals surface area contributed by atoms with Gasteiger partial charge < -0.3 is 0 Å². The lowest BCUT2D eigenvalue weighted by Gasteiger charge is -2.07. The van der Waals surface area contributed by atoms with Crippen molar-refractivity contribution < 1.29 is 0 Å². The molecule has 1 aromatic carbocycles. The van der Waals surface area contributed by atoms with Crippen LogP contribution >= 0.6 is 0 Å². The first kappa shape index (κ1) is 10.9. The smallest absolute Gasteiger partial charge is 0.0704 e. The number of aryl methyl sites for hydroxylation is 1. The van der Waals surface area contributed by atoms with E-state index < -0.39 is 0 Å². The van der Waals surface area contributed by atoms with Crippen LogP contribution in [0, 0.1) is 0 Å². The monoisotopic (exact) mass is 211 g/mol. The van der Waals surface area contributed by atoms with Gasteiger partial charge in [0.25, 0.3) is 0 Å². The van der Waals surface area contributed by atoms with Gasteiger partial charge in [0, 0.05) is 11.8 Å². The maximum absolute atomic E-state index is 4.42. The van der Waals surface area contributed by atoms with Crippen LogP contribution in [0.4, 0.5) is 0 Å². The summed E-state index contributed by atoms with van der Waals surface area (Å²) in [5.41, 5.74) is 3.76. The molecule has 0 N–H and O–H groups in total. The van der Waals surface area contributed by atoms with E-state index in [1.807, 2.05) is 18.3 Å². The van der Waals surface area contributed by atoms with Crippen molar-refractivity contribution in [3.8, 4) is 11.3 Å². The maximum atomic E-state index is 4.42. The van der Waals surface area contributed by atoms with Crippen molar-refractivity contribution in [2.45, 2.75) is 26.2 Å². The van der Waals surface area contributed by atoms with Crippen LogP contribution in [0.3, 0.4) is 0 Å². The highest BCUT2D eigenvalue weighted by molar-refractivity contribution is 5.63. The molecule has 0 bridgehead atoms. The van der Waals surface area contributed by atoms with E-state index in [0.717, 1.165) is 12.1 Å². The van der Waals surface area contributed by atoms with Crippen molar-refractivity contribution in [1.29, 1.82) is 0 Å². The SMILES string of the molecule is CCCCc1ccccc1-c1ccccn1. The molecule has 0 saturated carbocycles. The van der Waals surface area contributed by atoms with Crippen molar-refractivity contribution in [2.24, 2.45) is 0 Å². The van der Waals surface area contributed by atoms with Crippen LogP contribution in [0.15, 0.2) is 48.7 Å². The summed E-state index contributed by atoms with van der Waals surface area (Å²) in [6.07, 6.45) is 5.47. The van der Waals surface area contributed by atoms with E-state index >= 15 is 0 Å². The Morgan fingerprint density at radius 2 is 1.81 bits per heavy atom. The number of unbranched alkanes of at least 4 members (excludes halogenated alkanes) is 1. The molecule has 0 aliphatic rings. The van der Waals surface area contributed by atoms with Crippen molar-refractivity contribution >= 4 is 0 Å². The quantitative estimate of drug-likeness (QED) is 0.742. The van der Waals surface area contributed by atoms with Gasteiger partial charge in [0.2, 0.25) is 0 Å². The average Bonchev–Trinajstić information content (AvgIpc) is 2.38. The molecular formula is C15H17N. The van der Waals surface area contributed by atoms with Crippen molar-refractivity contribution in [3.63, 3.8) is 0 Å². The zero-order chi connectivity index (χ0) is 11.2. The molecule has 1 heteroatoms. The zero-order valence-corrected chi connectivity index (χ0v) is 9.69. The molecule has 1 aromatic heterocycles. The molecule has 82 valence electrons. The normalized spacial score (nSPS) is 10.3. The van der Waals surface area contributed by atoms with E-state index in [-0.39, 0.29) is 0 Å². The molecule has 0 spiro atoms. The molecule has 1 heterocycles. The third-order valence-electron chi connectivity index (χ3n) is 2.76. The number of hydrogen-bond donors (Lipinski definition) is 0. The minimum atomic E-state index is 1.08. The summed E-state index contributed by atoms with van der Waals surface area (Å²) in [7, 11) is 0. The van der Waals surface area contributed by atoms with E-state index in [9.17, 15) is 0 Å². The Morgan fingerprint density at radius 1 is 1.00 bits per heavy atom. The van der Waals surface area contributed by atoms with Crippen LogP contribution in [-0.2, 0) is 6.42 Å². The van der Waals surface area contributed by atoms with Gasteiger partial charge in [-0.2, -0.15) is 0 Å². The number of benzene rings is 1. The predicted octanol–water partition coefficient (Wildman–Crippen LogP) is 4.09. The lowest BCUT2D eigenvalue weighted by Crippen LogP contribution is -1.91. The molecule has 2 aromatic rings. The van der Waals surface area contributed by atoms with Gasteiger partial charge in [0.1, 0.15) is 0 Å². The van der Waals surface area contributed by atoms with E-state index in [2.05, 4.69) is 42.2 Å². The molecule has 0 aliphatic heterocycles. The molecule has 0 unspecified atom stereocenters.